The lowest BCUT2D eigenvalue weighted by Crippen LogP contribution is -2.57. The Morgan fingerprint density at radius 3 is 1.67 bits per heavy atom. The Morgan fingerprint density at radius 1 is 0.833 bits per heavy atom. The van der Waals surface area contributed by atoms with Crippen LogP contribution < -0.4 is 0 Å². The van der Waals surface area contributed by atoms with Gasteiger partial charge in [-0.05, 0) is 12.8 Å². The summed E-state index contributed by atoms with van der Waals surface area (Å²) >= 11 is 0. The molecule has 1 fully saturated rings. The lowest BCUT2D eigenvalue weighted by Gasteiger charge is -2.30. The minimum absolute atomic E-state index is 0.0671. The molecule has 0 amide bonds. The molecule has 0 radical (unpaired) electrons. The van der Waals surface area contributed by atoms with E-state index in [0.717, 1.165) is 0 Å². The number of carbonyl (C=O) groups excluding carboxylic acids is 1. The van der Waals surface area contributed by atoms with Crippen molar-refractivity contribution in [1.29, 1.82) is 0 Å². The number of halogens is 7. The Bertz CT molecular complexity index is 315. The number of ketones is 1. The zero-order valence-corrected chi connectivity index (χ0v) is 9.17. The van der Waals surface area contributed by atoms with Gasteiger partial charge in [0.2, 0.25) is 5.78 Å². The highest BCUT2D eigenvalue weighted by Crippen LogP contribution is 2.48. The van der Waals surface area contributed by atoms with Gasteiger partial charge in [-0.25, -0.2) is 0 Å². The molecule has 0 heterocycles. The summed E-state index contributed by atoms with van der Waals surface area (Å²) < 4.78 is 87.0. The number of rotatable bonds is 3. The summed E-state index contributed by atoms with van der Waals surface area (Å²) in [5.74, 6) is -15.7. The largest absolute Gasteiger partial charge is 0.460 e. The van der Waals surface area contributed by atoms with Crippen molar-refractivity contribution in [2.45, 2.75) is 50.1 Å². The van der Waals surface area contributed by atoms with Crippen molar-refractivity contribution in [3.63, 3.8) is 0 Å². The Kier molecular flexibility index (Phi) is 3.97. The number of Topliss-reactive ketones (excluding diaryl/α,β-unsaturated/α-hetero) is 1. The average molecular weight is 280 g/mol. The van der Waals surface area contributed by atoms with Gasteiger partial charge in [0.15, 0.2) is 0 Å². The molecular formula is C10H11F7O. The molecule has 1 aliphatic rings. The van der Waals surface area contributed by atoms with Gasteiger partial charge in [-0.3, -0.25) is 4.79 Å². The second-order valence-electron chi connectivity index (χ2n) is 4.35. The maximum absolute atomic E-state index is 13.1. The normalized spacial score (nSPS) is 19.9. The molecule has 106 valence electrons. The summed E-state index contributed by atoms with van der Waals surface area (Å²) in [6, 6.07) is 0. The van der Waals surface area contributed by atoms with Crippen LogP contribution in [0.15, 0.2) is 0 Å². The van der Waals surface area contributed by atoms with E-state index in [0.29, 0.717) is 19.3 Å². The molecule has 0 atom stereocenters. The Morgan fingerprint density at radius 2 is 1.28 bits per heavy atom. The van der Waals surface area contributed by atoms with Gasteiger partial charge in [-0.2, -0.15) is 30.7 Å². The van der Waals surface area contributed by atoms with Crippen LogP contribution in [0.5, 0.6) is 0 Å². The van der Waals surface area contributed by atoms with E-state index >= 15 is 0 Å². The third-order valence-corrected chi connectivity index (χ3v) is 3.04. The van der Waals surface area contributed by atoms with E-state index in [4.69, 9.17) is 0 Å². The van der Waals surface area contributed by atoms with Crippen molar-refractivity contribution >= 4 is 5.78 Å². The smallest absolute Gasteiger partial charge is 0.292 e. The lowest BCUT2D eigenvalue weighted by atomic mass is 9.83. The predicted octanol–water partition coefficient (Wildman–Crippen LogP) is 3.97. The molecule has 1 aliphatic carbocycles. The first kappa shape index (κ1) is 15.2. The second-order valence-corrected chi connectivity index (χ2v) is 4.35. The molecule has 1 saturated carbocycles. The zero-order valence-electron chi connectivity index (χ0n) is 9.17. The average Bonchev–Trinajstić information content (AvgIpc) is 2.27. The minimum atomic E-state index is -6.44. The van der Waals surface area contributed by atoms with Gasteiger partial charge in [-0.1, -0.05) is 19.3 Å². The van der Waals surface area contributed by atoms with E-state index in [2.05, 4.69) is 0 Å². The molecule has 0 spiro atoms. The van der Waals surface area contributed by atoms with Crippen molar-refractivity contribution in [2.24, 2.45) is 5.92 Å². The highest BCUT2D eigenvalue weighted by Gasteiger charge is 2.76. The van der Waals surface area contributed by atoms with Gasteiger partial charge in [-0.15, -0.1) is 0 Å². The van der Waals surface area contributed by atoms with E-state index in [1.165, 1.54) is 0 Å². The number of carbonyl (C=O) groups is 1. The molecule has 1 rings (SSSR count). The van der Waals surface area contributed by atoms with Crippen molar-refractivity contribution in [2.75, 3.05) is 0 Å². The quantitative estimate of drug-likeness (QED) is 0.715. The van der Waals surface area contributed by atoms with E-state index < -0.39 is 29.7 Å². The fourth-order valence-corrected chi connectivity index (χ4v) is 1.95. The molecule has 1 nitrogen and oxygen atoms in total. The van der Waals surface area contributed by atoms with Gasteiger partial charge < -0.3 is 0 Å². The second kappa shape index (κ2) is 4.70. The van der Waals surface area contributed by atoms with E-state index in [1.54, 1.807) is 0 Å². The molecule has 0 bridgehead atoms. The Hall–Kier alpha value is -0.820. The molecular weight excluding hydrogens is 269 g/mol. The van der Waals surface area contributed by atoms with Gasteiger partial charge >= 0.3 is 18.0 Å². The Balaban J connectivity index is 2.94. The van der Waals surface area contributed by atoms with Crippen LogP contribution in [0, 0.1) is 5.92 Å². The third-order valence-electron chi connectivity index (χ3n) is 3.04. The SMILES string of the molecule is O=C(C1CCCCC1)C(F)(F)C(F)(F)C(F)(F)F. The van der Waals surface area contributed by atoms with Gasteiger partial charge in [0.25, 0.3) is 0 Å². The maximum atomic E-state index is 13.1. The standard InChI is InChI=1S/C10H11F7O/c11-8(12,9(13,14)10(15,16)17)7(18)6-4-2-1-3-5-6/h6H,1-5H2. The fraction of sp³-hybridized carbons (Fsp3) is 0.900. The zero-order chi connectivity index (χ0) is 14.2. The highest BCUT2D eigenvalue weighted by molar-refractivity contribution is 5.89. The topological polar surface area (TPSA) is 17.1 Å². The number of hydrogen-bond donors (Lipinski definition) is 0. The summed E-state index contributed by atoms with van der Waals surface area (Å²) in [6.45, 7) is 0. The van der Waals surface area contributed by atoms with Crippen molar-refractivity contribution in [1.82, 2.24) is 0 Å². The first-order chi connectivity index (χ1) is 8.02. The summed E-state index contributed by atoms with van der Waals surface area (Å²) in [5, 5.41) is 0. The van der Waals surface area contributed by atoms with Gasteiger partial charge in [0.05, 0.1) is 0 Å². The van der Waals surface area contributed by atoms with Crippen LogP contribution in [0.1, 0.15) is 32.1 Å². The molecule has 0 unspecified atom stereocenters. The number of hydrogen-bond acceptors (Lipinski definition) is 1. The molecule has 0 N–H and O–H groups in total. The predicted molar refractivity (Wildman–Crippen MR) is 47.5 cm³/mol. The molecule has 8 heteroatoms. The van der Waals surface area contributed by atoms with Crippen LogP contribution in [0.3, 0.4) is 0 Å². The molecule has 0 aromatic heterocycles. The van der Waals surface area contributed by atoms with E-state index in [-0.39, 0.29) is 12.8 Å². The summed E-state index contributed by atoms with van der Waals surface area (Å²) in [4.78, 5) is 11.2. The summed E-state index contributed by atoms with van der Waals surface area (Å²) in [7, 11) is 0. The van der Waals surface area contributed by atoms with Crippen molar-refractivity contribution < 1.29 is 35.5 Å². The van der Waals surface area contributed by atoms with Crippen molar-refractivity contribution in [3.05, 3.63) is 0 Å². The fourth-order valence-electron chi connectivity index (χ4n) is 1.95. The van der Waals surface area contributed by atoms with Crippen LogP contribution >= 0.6 is 0 Å². The maximum Gasteiger partial charge on any atom is 0.460 e. The molecule has 0 saturated heterocycles. The molecule has 0 aliphatic heterocycles. The van der Waals surface area contributed by atoms with Crippen molar-refractivity contribution in [3.8, 4) is 0 Å². The number of alkyl halides is 7. The summed E-state index contributed by atoms with van der Waals surface area (Å²) in [5.41, 5.74) is 0. The van der Waals surface area contributed by atoms with Crippen LogP contribution in [-0.2, 0) is 4.79 Å². The van der Waals surface area contributed by atoms with E-state index in [1.807, 2.05) is 0 Å². The Labute approximate surface area is 98.3 Å². The lowest BCUT2D eigenvalue weighted by molar-refractivity contribution is -0.344. The monoisotopic (exact) mass is 280 g/mol. The molecule has 0 aromatic carbocycles. The highest BCUT2D eigenvalue weighted by atomic mass is 19.4. The van der Waals surface area contributed by atoms with Crippen LogP contribution in [0.2, 0.25) is 0 Å². The molecule has 0 aromatic rings. The molecule has 18 heavy (non-hydrogen) atoms. The van der Waals surface area contributed by atoms with Gasteiger partial charge in [0, 0.05) is 5.92 Å². The van der Waals surface area contributed by atoms with Crippen LogP contribution in [0.4, 0.5) is 30.7 Å². The minimum Gasteiger partial charge on any atom is -0.292 e. The first-order valence-electron chi connectivity index (χ1n) is 5.38. The first-order valence-corrected chi connectivity index (χ1v) is 5.38. The van der Waals surface area contributed by atoms with Crippen LogP contribution in [0.25, 0.3) is 0 Å². The van der Waals surface area contributed by atoms with Gasteiger partial charge in [0.1, 0.15) is 0 Å². The van der Waals surface area contributed by atoms with Crippen LogP contribution in [-0.4, -0.2) is 23.8 Å². The van der Waals surface area contributed by atoms with E-state index in [9.17, 15) is 35.5 Å². The summed E-state index contributed by atoms with van der Waals surface area (Å²) in [6.07, 6.45) is -5.16. The third kappa shape index (κ3) is 2.47.